The molecule has 0 saturated heterocycles. The van der Waals surface area contributed by atoms with Gasteiger partial charge in [0.25, 0.3) is 0 Å². The number of imidazole rings is 1. The van der Waals surface area contributed by atoms with Crippen molar-refractivity contribution in [1.82, 2.24) is 14.5 Å². The van der Waals surface area contributed by atoms with Crippen LogP contribution in [0.3, 0.4) is 0 Å². The van der Waals surface area contributed by atoms with Crippen molar-refractivity contribution in [2.45, 2.75) is 52.4 Å². The van der Waals surface area contributed by atoms with Gasteiger partial charge < -0.3 is 9.52 Å². The molecule has 0 unspecified atom stereocenters. The Morgan fingerprint density at radius 3 is 2.05 bits per heavy atom. The molecular formula is C54H45N3O2. The fourth-order valence-corrected chi connectivity index (χ4v) is 8.55. The number of hydrogen-bond donors (Lipinski definition) is 1. The van der Waals surface area contributed by atoms with Gasteiger partial charge in [-0.1, -0.05) is 139 Å². The zero-order chi connectivity index (χ0) is 40.6. The summed E-state index contributed by atoms with van der Waals surface area (Å²) >= 11 is 0. The van der Waals surface area contributed by atoms with Crippen LogP contribution in [0.4, 0.5) is 0 Å². The smallest absolute Gasteiger partial charge is 0.149 e. The van der Waals surface area contributed by atoms with Gasteiger partial charge in [0.2, 0.25) is 0 Å². The van der Waals surface area contributed by atoms with Gasteiger partial charge in [-0.3, -0.25) is 9.55 Å². The minimum Gasteiger partial charge on any atom is -0.507 e. The summed E-state index contributed by atoms with van der Waals surface area (Å²) in [5.74, 6) is 0.947. The molecule has 0 bridgehead atoms. The molecule has 1 N–H and O–H groups in total. The largest absolute Gasteiger partial charge is 0.507 e. The second-order valence-electron chi connectivity index (χ2n) is 17.7. The van der Waals surface area contributed by atoms with Crippen LogP contribution in [0, 0.1) is 0 Å². The molecule has 0 radical (unpaired) electrons. The first kappa shape index (κ1) is 36.4. The third kappa shape index (κ3) is 6.16. The van der Waals surface area contributed by atoms with Crippen LogP contribution < -0.4 is 0 Å². The highest BCUT2D eigenvalue weighted by Gasteiger charge is 2.29. The topological polar surface area (TPSA) is 64.1 Å². The van der Waals surface area contributed by atoms with Crippen molar-refractivity contribution in [3.8, 4) is 56.3 Å². The number of phenols is 1. The van der Waals surface area contributed by atoms with Crippen LogP contribution in [0.25, 0.3) is 94.3 Å². The maximum atomic E-state index is 12.2. The second kappa shape index (κ2) is 13.6. The number of rotatable bonds is 5. The van der Waals surface area contributed by atoms with E-state index in [1.807, 2.05) is 36.5 Å². The highest BCUT2D eigenvalue weighted by Crippen LogP contribution is 2.46. The lowest BCUT2D eigenvalue weighted by atomic mass is 9.79. The Bertz CT molecular complexity index is 3230. The van der Waals surface area contributed by atoms with Crippen molar-refractivity contribution in [3.63, 3.8) is 0 Å². The van der Waals surface area contributed by atoms with Crippen LogP contribution in [0.5, 0.6) is 5.75 Å². The number of aromatic nitrogens is 3. The van der Waals surface area contributed by atoms with Crippen molar-refractivity contribution in [1.29, 1.82) is 0 Å². The van der Waals surface area contributed by atoms with Crippen LogP contribution in [0.1, 0.15) is 52.7 Å². The molecule has 0 aliphatic carbocycles. The van der Waals surface area contributed by atoms with Crippen molar-refractivity contribution in [2.24, 2.45) is 0 Å². The van der Waals surface area contributed by atoms with Gasteiger partial charge in [0.15, 0.2) is 0 Å². The van der Waals surface area contributed by atoms with Gasteiger partial charge >= 0.3 is 0 Å². The fraction of sp³-hybridized carbons (Fsp3) is 0.148. The number of benzene rings is 7. The molecule has 0 aliphatic heterocycles. The molecule has 3 heterocycles. The average molecular weight is 768 g/mol. The van der Waals surface area contributed by atoms with Crippen LogP contribution in [0.15, 0.2) is 162 Å². The Morgan fingerprint density at radius 2 is 1.29 bits per heavy atom. The summed E-state index contributed by atoms with van der Waals surface area (Å²) < 4.78 is 8.80. The zero-order valence-corrected chi connectivity index (χ0v) is 34.2. The van der Waals surface area contributed by atoms with E-state index in [0.717, 1.165) is 94.1 Å². The third-order valence-electron chi connectivity index (χ3n) is 11.6. The standard InChI is InChI=1S/C54H45N3O2/c1-53(2,3)38-31-43(50(58)44(32-38)54(4,5)6)52-56-49-40(22-15-23-45(49)57(52)39-19-11-8-12-20-39)36-28-35(33-16-9-7-10-17-33)29-37(30-36)48-47-42-25-24-34-18-13-14-21-41(34)51(42)59-46(47)26-27-55-48/h7-32,58H,1-6H3. The molecule has 59 heavy (non-hydrogen) atoms. The second-order valence-corrected chi connectivity index (χ2v) is 17.7. The minimum atomic E-state index is -0.298. The molecule has 5 heteroatoms. The first-order valence-corrected chi connectivity index (χ1v) is 20.3. The van der Waals surface area contributed by atoms with Gasteiger partial charge in [-0.25, -0.2) is 4.98 Å². The van der Waals surface area contributed by atoms with E-state index >= 15 is 0 Å². The first-order chi connectivity index (χ1) is 28.4. The lowest BCUT2D eigenvalue weighted by Gasteiger charge is -2.27. The predicted octanol–water partition coefficient (Wildman–Crippen LogP) is 14.4. The number of furan rings is 1. The van der Waals surface area contributed by atoms with E-state index in [4.69, 9.17) is 14.4 Å². The zero-order valence-electron chi connectivity index (χ0n) is 34.2. The predicted molar refractivity (Wildman–Crippen MR) is 244 cm³/mol. The van der Waals surface area contributed by atoms with Crippen molar-refractivity contribution < 1.29 is 9.52 Å². The monoisotopic (exact) mass is 767 g/mol. The van der Waals surface area contributed by atoms with Crippen LogP contribution in [-0.2, 0) is 10.8 Å². The Hall–Kier alpha value is -6.98. The molecule has 5 nitrogen and oxygen atoms in total. The van der Waals surface area contributed by atoms with Crippen molar-refractivity contribution >= 4 is 43.7 Å². The number of hydrogen-bond acceptors (Lipinski definition) is 4. The third-order valence-corrected chi connectivity index (χ3v) is 11.6. The van der Waals surface area contributed by atoms with Gasteiger partial charge in [0, 0.05) is 39.3 Å². The van der Waals surface area contributed by atoms with E-state index < -0.39 is 0 Å². The quantitative estimate of drug-likeness (QED) is 0.189. The summed E-state index contributed by atoms with van der Waals surface area (Å²) in [7, 11) is 0. The average Bonchev–Trinajstić information content (AvgIpc) is 3.83. The molecule has 0 aliphatic rings. The Kier molecular flexibility index (Phi) is 8.36. The number of para-hydroxylation sites is 2. The molecule has 3 aromatic heterocycles. The summed E-state index contributed by atoms with van der Waals surface area (Å²) in [5.41, 5.74) is 12.7. The number of phenolic OH excluding ortho intramolecular Hbond substituents is 1. The highest BCUT2D eigenvalue weighted by molar-refractivity contribution is 6.18. The summed E-state index contributed by atoms with van der Waals surface area (Å²) in [6, 6.07) is 52.9. The van der Waals surface area contributed by atoms with E-state index in [0.29, 0.717) is 11.4 Å². The Labute approximate surface area is 344 Å². The number of fused-ring (bicyclic) bond motifs is 6. The molecule has 0 atom stereocenters. The lowest BCUT2D eigenvalue weighted by Crippen LogP contribution is -2.17. The summed E-state index contributed by atoms with van der Waals surface area (Å²) in [6.45, 7) is 13.1. The lowest BCUT2D eigenvalue weighted by molar-refractivity contribution is 0.446. The molecule has 288 valence electrons. The summed E-state index contributed by atoms with van der Waals surface area (Å²) in [6.07, 6.45) is 1.84. The number of aromatic hydroxyl groups is 1. The Balaban J connectivity index is 1.26. The summed E-state index contributed by atoms with van der Waals surface area (Å²) in [4.78, 5) is 10.6. The van der Waals surface area contributed by atoms with Crippen LogP contribution >= 0.6 is 0 Å². The van der Waals surface area contributed by atoms with Gasteiger partial charge in [0.05, 0.1) is 27.7 Å². The van der Waals surface area contributed by atoms with E-state index in [1.165, 1.54) is 0 Å². The molecule has 10 rings (SSSR count). The van der Waals surface area contributed by atoms with Crippen molar-refractivity contribution in [2.75, 3.05) is 0 Å². The molecule has 7 aromatic carbocycles. The SMILES string of the molecule is CC(C)(C)c1cc(-c2nc3c(-c4cc(-c5ccccc5)cc(-c5nccc6oc7c8ccccc8ccc7c56)c4)cccc3n2-c2ccccc2)c(O)c(C(C)(C)C)c1. The maximum absolute atomic E-state index is 12.2. The molecule has 0 saturated carbocycles. The van der Waals surface area contributed by atoms with Gasteiger partial charge in [0.1, 0.15) is 22.7 Å². The normalized spacial score (nSPS) is 12.3. The number of nitrogens with zero attached hydrogens (tertiary/aromatic N) is 3. The van der Waals surface area contributed by atoms with Crippen LogP contribution in [0.2, 0.25) is 0 Å². The van der Waals surface area contributed by atoms with E-state index in [2.05, 4.69) is 167 Å². The molecule has 0 spiro atoms. The van der Waals surface area contributed by atoms with E-state index in [9.17, 15) is 5.11 Å². The molecular weight excluding hydrogens is 723 g/mol. The minimum absolute atomic E-state index is 0.157. The van der Waals surface area contributed by atoms with E-state index in [1.54, 1.807) is 0 Å². The van der Waals surface area contributed by atoms with Gasteiger partial charge in [-0.2, -0.15) is 0 Å². The van der Waals surface area contributed by atoms with Gasteiger partial charge in [-0.15, -0.1) is 0 Å². The van der Waals surface area contributed by atoms with Crippen LogP contribution in [-0.4, -0.2) is 19.6 Å². The molecule has 10 aromatic rings. The molecule has 0 amide bonds. The highest BCUT2D eigenvalue weighted by atomic mass is 16.3. The van der Waals surface area contributed by atoms with Crippen molar-refractivity contribution in [3.05, 3.63) is 169 Å². The fourth-order valence-electron chi connectivity index (χ4n) is 8.55. The maximum Gasteiger partial charge on any atom is 0.149 e. The first-order valence-electron chi connectivity index (χ1n) is 20.3. The Morgan fingerprint density at radius 1 is 0.576 bits per heavy atom. The van der Waals surface area contributed by atoms with Gasteiger partial charge in [-0.05, 0) is 93.1 Å². The molecule has 0 fully saturated rings. The number of pyridine rings is 1. The van der Waals surface area contributed by atoms with E-state index in [-0.39, 0.29) is 16.6 Å². The summed E-state index contributed by atoms with van der Waals surface area (Å²) in [5, 5.41) is 16.5.